The Morgan fingerprint density at radius 3 is 2.26 bits per heavy atom. The van der Waals surface area contributed by atoms with Crippen molar-refractivity contribution in [3.05, 3.63) is 113 Å². The Hall–Kier alpha value is -4.32. The van der Waals surface area contributed by atoms with Gasteiger partial charge in [-0.25, -0.2) is 0 Å². The molecule has 3 aromatic rings. The summed E-state index contributed by atoms with van der Waals surface area (Å²) in [6.07, 6.45) is 3.64. The van der Waals surface area contributed by atoms with Gasteiger partial charge in [0.25, 0.3) is 5.91 Å². The predicted octanol–water partition coefficient (Wildman–Crippen LogP) is 4.92. The molecule has 0 saturated carbocycles. The highest BCUT2D eigenvalue weighted by atomic mass is 16.5. The number of carbonyl (C=O) groups is 2. The number of ketones is 1. The normalized spacial score (nSPS) is 15.7. The zero-order chi connectivity index (χ0) is 24.8. The molecule has 1 heterocycles. The summed E-state index contributed by atoms with van der Waals surface area (Å²) in [5.41, 5.74) is 2.58. The molecule has 3 aromatic carbocycles. The molecule has 6 nitrogen and oxygen atoms in total. The summed E-state index contributed by atoms with van der Waals surface area (Å²) in [5, 5.41) is 10.8. The highest BCUT2D eigenvalue weighted by Gasteiger charge is 2.42. The Morgan fingerprint density at radius 1 is 0.943 bits per heavy atom. The van der Waals surface area contributed by atoms with E-state index in [9.17, 15) is 14.7 Å². The molecule has 0 saturated heterocycles. The molecule has 0 radical (unpaired) electrons. The minimum Gasteiger partial charge on any atom is -0.503 e. The third-order valence-electron chi connectivity index (χ3n) is 6.00. The number of allylic oxidation sites excluding steroid dienone is 1. The van der Waals surface area contributed by atoms with Crippen molar-refractivity contribution in [1.82, 2.24) is 4.90 Å². The number of methoxy groups -OCH3 is 2. The number of rotatable bonds is 9. The highest BCUT2D eigenvalue weighted by molar-refractivity contribution is 6.14. The first-order valence-electron chi connectivity index (χ1n) is 11.3. The van der Waals surface area contributed by atoms with Gasteiger partial charge in [-0.15, -0.1) is 0 Å². The smallest absolute Gasteiger partial charge is 0.290 e. The maximum atomic E-state index is 13.3. The van der Waals surface area contributed by atoms with E-state index >= 15 is 0 Å². The quantitative estimate of drug-likeness (QED) is 0.450. The Bertz CT molecular complexity index is 1260. The molecule has 0 aromatic heterocycles. The number of benzene rings is 3. The second-order valence-corrected chi connectivity index (χ2v) is 8.12. The maximum absolute atomic E-state index is 13.3. The van der Waals surface area contributed by atoms with E-state index in [1.165, 1.54) is 25.2 Å². The standard InChI is InChI=1S/C29H27NO5/c1-34-24-16-14-22(19-25(24)35-2)27-26(23(31)15-13-20-9-5-3-6-10-20)28(32)29(33)30(27)18-17-21-11-7-4-8-12-21/h3-16,19,27,32H,17-18H2,1-2H3/b15-13+/t27-/m1/s1. The SMILES string of the molecule is COc1ccc([C@@H]2C(C(=O)/C=C/c3ccccc3)=C(O)C(=O)N2CCc2ccccc2)cc1OC. The van der Waals surface area contributed by atoms with Crippen molar-refractivity contribution in [2.45, 2.75) is 12.5 Å². The number of hydrogen-bond acceptors (Lipinski definition) is 5. The van der Waals surface area contributed by atoms with Crippen LogP contribution in [0.25, 0.3) is 6.08 Å². The van der Waals surface area contributed by atoms with Crippen LogP contribution in [-0.2, 0) is 16.0 Å². The van der Waals surface area contributed by atoms with Gasteiger partial charge in [-0.1, -0.05) is 72.8 Å². The fourth-order valence-corrected chi connectivity index (χ4v) is 4.23. The number of hydrogen-bond donors (Lipinski definition) is 1. The monoisotopic (exact) mass is 469 g/mol. The molecule has 1 aliphatic heterocycles. The van der Waals surface area contributed by atoms with Crippen LogP contribution < -0.4 is 9.47 Å². The van der Waals surface area contributed by atoms with E-state index in [0.717, 1.165) is 11.1 Å². The average Bonchev–Trinajstić information content (AvgIpc) is 3.16. The molecule has 0 spiro atoms. The zero-order valence-corrected chi connectivity index (χ0v) is 19.7. The summed E-state index contributed by atoms with van der Waals surface area (Å²) in [6, 6.07) is 23.6. The molecule has 35 heavy (non-hydrogen) atoms. The van der Waals surface area contributed by atoms with Crippen LogP contribution in [0.4, 0.5) is 0 Å². The predicted molar refractivity (Wildman–Crippen MR) is 134 cm³/mol. The van der Waals surface area contributed by atoms with E-state index in [1.807, 2.05) is 60.7 Å². The number of aliphatic hydroxyl groups excluding tert-OH is 1. The van der Waals surface area contributed by atoms with Crippen LogP contribution in [0.5, 0.6) is 11.5 Å². The van der Waals surface area contributed by atoms with Gasteiger partial charge in [-0.3, -0.25) is 9.59 Å². The topological polar surface area (TPSA) is 76.1 Å². The summed E-state index contributed by atoms with van der Waals surface area (Å²) in [5.74, 6) is -0.528. The van der Waals surface area contributed by atoms with Crippen LogP contribution in [0.2, 0.25) is 0 Å². The zero-order valence-electron chi connectivity index (χ0n) is 19.7. The largest absolute Gasteiger partial charge is 0.503 e. The molecular formula is C29H27NO5. The first-order chi connectivity index (χ1) is 17.0. The van der Waals surface area contributed by atoms with Gasteiger partial charge in [0.15, 0.2) is 23.0 Å². The number of amides is 1. The fourth-order valence-electron chi connectivity index (χ4n) is 4.23. The summed E-state index contributed by atoms with van der Waals surface area (Å²) in [6.45, 7) is 0.325. The van der Waals surface area contributed by atoms with Crippen molar-refractivity contribution in [2.24, 2.45) is 0 Å². The van der Waals surface area contributed by atoms with Crippen molar-refractivity contribution >= 4 is 17.8 Å². The van der Waals surface area contributed by atoms with Gasteiger partial charge in [-0.2, -0.15) is 0 Å². The molecule has 4 rings (SSSR count). The van der Waals surface area contributed by atoms with E-state index in [2.05, 4.69) is 0 Å². The summed E-state index contributed by atoms with van der Waals surface area (Å²) < 4.78 is 10.8. The van der Waals surface area contributed by atoms with E-state index in [-0.39, 0.29) is 5.57 Å². The maximum Gasteiger partial charge on any atom is 0.290 e. The molecular weight excluding hydrogens is 442 g/mol. The average molecular weight is 470 g/mol. The molecule has 1 aliphatic rings. The van der Waals surface area contributed by atoms with Crippen molar-refractivity contribution in [3.63, 3.8) is 0 Å². The Balaban J connectivity index is 1.71. The third-order valence-corrected chi connectivity index (χ3v) is 6.00. The molecule has 0 aliphatic carbocycles. The highest BCUT2D eigenvalue weighted by Crippen LogP contribution is 2.41. The van der Waals surface area contributed by atoms with Crippen molar-refractivity contribution < 1.29 is 24.2 Å². The lowest BCUT2D eigenvalue weighted by molar-refractivity contribution is -0.129. The Morgan fingerprint density at radius 2 is 1.60 bits per heavy atom. The van der Waals surface area contributed by atoms with Crippen LogP contribution in [0.15, 0.2) is 96.3 Å². The second kappa shape index (κ2) is 10.7. The number of aliphatic hydroxyl groups is 1. The van der Waals surface area contributed by atoms with Crippen LogP contribution >= 0.6 is 0 Å². The minimum absolute atomic E-state index is 0.0439. The Labute approximate surface area is 204 Å². The van der Waals surface area contributed by atoms with Gasteiger partial charge < -0.3 is 19.5 Å². The number of carbonyl (C=O) groups excluding carboxylic acids is 2. The molecule has 1 atom stereocenters. The first kappa shape index (κ1) is 23.8. The number of ether oxygens (including phenoxy) is 2. The van der Waals surface area contributed by atoms with E-state index in [4.69, 9.17) is 9.47 Å². The second-order valence-electron chi connectivity index (χ2n) is 8.12. The molecule has 178 valence electrons. The fraction of sp³-hybridized carbons (Fsp3) is 0.172. The van der Waals surface area contributed by atoms with Gasteiger partial charge in [0.05, 0.1) is 25.8 Å². The van der Waals surface area contributed by atoms with E-state index in [1.54, 1.807) is 24.3 Å². The van der Waals surface area contributed by atoms with E-state index in [0.29, 0.717) is 30.0 Å². The molecule has 0 unspecified atom stereocenters. The summed E-state index contributed by atoms with van der Waals surface area (Å²) in [4.78, 5) is 28.0. The molecule has 1 N–H and O–H groups in total. The summed E-state index contributed by atoms with van der Waals surface area (Å²) in [7, 11) is 3.06. The lowest BCUT2D eigenvalue weighted by Gasteiger charge is -2.27. The lowest BCUT2D eigenvalue weighted by Crippen LogP contribution is -2.33. The van der Waals surface area contributed by atoms with Crippen molar-refractivity contribution in [3.8, 4) is 11.5 Å². The van der Waals surface area contributed by atoms with Crippen LogP contribution in [-0.4, -0.2) is 42.5 Å². The van der Waals surface area contributed by atoms with Crippen molar-refractivity contribution in [1.29, 1.82) is 0 Å². The first-order valence-corrected chi connectivity index (χ1v) is 11.3. The minimum atomic E-state index is -0.765. The van der Waals surface area contributed by atoms with Crippen molar-refractivity contribution in [2.75, 3.05) is 20.8 Å². The van der Waals surface area contributed by atoms with Gasteiger partial charge in [0.2, 0.25) is 0 Å². The number of nitrogens with zero attached hydrogens (tertiary/aromatic N) is 1. The Kier molecular flexibility index (Phi) is 7.31. The van der Waals surface area contributed by atoms with Gasteiger partial charge in [0, 0.05) is 6.54 Å². The van der Waals surface area contributed by atoms with Gasteiger partial charge >= 0.3 is 0 Å². The molecule has 0 bridgehead atoms. The lowest BCUT2D eigenvalue weighted by atomic mass is 9.95. The van der Waals surface area contributed by atoms with E-state index < -0.39 is 23.5 Å². The molecule has 1 amide bonds. The summed E-state index contributed by atoms with van der Waals surface area (Å²) >= 11 is 0. The third kappa shape index (κ3) is 5.11. The van der Waals surface area contributed by atoms with Crippen LogP contribution in [0, 0.1) is 0 Å². The van der Waals surface area contributed by atoms with Crippen LogP contribution in [0.3, 0.4) is 0 Å². The molecule has 0 fully saturated rings. The van der Waals surface area contributed by atoms with Crippen LogP contribution in [0.1, 0.15) is 22.7 Å². The van der Waals surface area contributed by atoms with Gasteiger partial charge in [-0.05, 0) is 41.3 Å². The van der Waals surface area contributed by atoms with Gasteiger partial charge in [0.1, 0.15) is 0 Å². The molecule has 6 heteroatoms.